The fourth-order valence-electron chi connectivity index (χ4n) is 6.72. The average molecular weight is 639 g/mol. The molecule has 2 saturated heterocycles. The van der Waals surface area contributed by atoms with Crippen LogP contribution in [0.2, 0.25) is 5.02 Å². The summed E-state index contributed by atoms with van der Waals surface area (Å²) < 4.78 is 24.8. The summed E-state index contributed by atoms with van der Waals surface area (Å²) in [6.45, 7) is 12.6. The Morgan fingerprint density at radius 3 is 2.80 bits per heavy atom. The van der Waals surface area contributed by atoms with E-state index in [2.05, 4.69) is 50.0 Å². The molecule has 0 unspecified atom stereocenters. The van der Waals surface area contributed by atoms with Gasteiger partial charge in [-0.3, -0.25) is 4.79 Å². The van der Waals surface area contributed by atoms with Crippen LogP contribution in [0.5, 0.6) is 5.88 Å². The number of carbonyl (C=O) groups excluding carboxylic acids is 1. The van der Waals surface area contributed by atoms with E-state index in [0.29, 0.717) is 59.2 Å². The van der Waals surface area contributed by atoms with Gasteiger partial charge in [0.2, 0.25) is 5.88 Å². The van der Waals surface area contributed by atoms with Crippen molar-refractivity contribution in [1.82, 2.24) is 29.8 Å². The first-order chi connectivity index (χ1) is 22.3. The van der Waals surface area contributed by atoms with E-state index < -0.39 is 5.82 Å². The number of hydrogen-bond donors (Lipinski definition) is 0. The molecule has 2 aliphatic rings. The molecule has 1 amide bonds. The Labute approximate surface area is 271 Å². The van der Waals surface area contributed by atoms with E-state index in [1.54, 1.807) is 47.7 Å². The third kappa shape index (κ3) is 5.49. The molecule has 234 valence electrons. The Bertz CT molecular complexity index is 2000. The van der Waals surface area contributed by atoms with Crippen molar-refractivity contribution >= 4 is 45.1 Å². The van der Waals surface area contributed by atoms with Crippen LogP contribution >= 0.6 is 11.6 Å². The first-order valence-corrected chi connectivity index (χ1v) is 15.6. The number of amides is 1. The Kier molecular flexibility index (Phi) is 8.77. The summed E-state index contributed by atoms with van der Waals surface area (Å²) in [7, 11) is 2.05. The number of benzene rings is 2. The molecular weight excluding hydrogens is 607 g/mol. The van der Waals surface area contributed by atoms with Crippen LogP contribution in [0, 0.1) is 42.5 Å². The third-order valence-corrected chi connectivity index (χ3v) is 9.49. The van der Waals surface area contributed by atoms with Crippen LogP contribution < -0.4 is 4.74 Å². The number of fused-ring (bicyclic) bond motifs is 3. The molecule has 3 atom stereocenters. The highest BCUT2D eigenvalue weighted by Crippen LogP contribution is 2.43. The smallest absolute Gasteiger partial charge is 0.298 e. The molecule has 10 nitrogen and oxygen atoms in total. The van der Waals surface area contributed by atoms with Crippen LogP contribution in [0.4, 0.5) is 10.1 Å². The van der Waals surface area contributed by atoms with Gasteiger partial charge in [-0.05, 0) is 76.2 Å². The predicted octanol–water partition coefficient (Wildman–Crippen LogP) is 6.24. The number of rotatable bonds is 6. The maximum absolute atomic E-state index is 16.8. The number of likely N-dealkylation sites (N-methyl/N-ethyl adjacent to an activating group) is 1. The molecule has 0 bridgehead atoms. The molecule has 0 aliphatic carbocycles. The lowest BCUT2D eigenvalue weighted by Crippen LogP contribution is -2.46. The number of carbonyl (C=O) groups is 1. The van der Waals surface area contributed by atoms with Gasteiger partial charge in [-0.1, -0.05) is 40.9 Å². The highest BCUT2D eigenvalue weighted by Gasteiger charge is 2.34. The number of piperidine rings is 1. The van der Waals surface area contributed by atoms with Gasteiger partial charge in [-0.2, -0.15) is 5.26 Å². The number of aromatic nitrogens is 4. The topological polar surface area (TPSA) is 105 Å². The lowest BCUT2D eigenvalue weighted by Gasteiger charge is -2.37. The van der Waals surface area contributed by atoms with E-state index in [4.69, 9.17) is 22.9 Å². The second-order valence-corrected chi connectivity index (χ2v) is 12.2. The third-order valence-electron chi connectivity index (χ3n) is 9.19. The van der Waals surface area contributed by atoms with E-state index in [1.165, 1.54) is 0 Å². The van der Waals surface area contributed by atoms with Crippen molar-refractivity contribution in [1.29, 1.82) is 5.26 Å². The number of nitrogens with zero attached hydrogens (tertiary/aromatic N) is 8. The summed E-state index contributed by atoms with van der Waals surface area (Å²) in [5.74, 6) is 4.47. The first kappa shape index (κ1) is 31.2. The maximum atomic E-state index is 16.8. The molecule has 2 aliphatic heterocycles. The molecule has 2 aromatic carbocycles. The number of ether oxygens (including phenoxy) is 1. The fourth-order valence-corrected chi connectivity index (χ4v) is 7.02. The minimum atomic E-state index is -0.633. The lowest BCUT2D eigenvalue weighted by atomic mass is 9.94. The van der Waals surface area contributed by atoms with E-state index in [9.17, 15) is 10.1 Å². The van der Waals surface area contributed by atoms with Crippen molar-refractivity contribution in [2.75, 3.05) is 26.7 Å². The van der Waals surface area contributed by atoms with Gasteiger partial charge in [0.05, 0.1) is 30.1 Å². The van der Waals surface area contributed by atoms with Crippen LogP contribution in [0.1, 0.15) is 50.6 Å². The van der Waals surface area contributed by atoms with E-state index in [1.807, 2.05) is 0 Å². The molecule has 0 spiro atoms. The zero-order valence-electron chi connectivity index (χ0n) is 25.8. The van der Waals surface area contributed by atoms with Crippen LogP contribution in [-0.2, 0) is 4.79 Å². The summed E-state index contributed by atoms with van der Waals surface area (Å²) in [6, 6.07) is 8.57. The summed E-state index contributed by atoms with van der Waals surface area (Å²) in [5.41, 5.74) is 2.64. The largest absolute Gasteiger partial charge is 0.474 e. The highest BCUT2D eigenvalue weighted by atomic mass is 35.5. The van der Waals surface area contributed by atoms with Crippen molar-refractivity contribution in [3.05, 3.63) is 52.1 Å². The van der Waals surface area contributed by atoms with Crippen LogP contribution in [0.3, 0.4) is 0 Å². The maximum Gasteiger partial charge on any atom is 0.298 e. The predicted molar refractivity (Wildman–Crippen MR) is 173 cm³/mol. The Morgan fingerprint density at radius 1 is 1.26 bits per heavy atom. The van der Waals surface area contributed by atoms with E-state index >= 15 is 4.39 Å². The summed E-state index contributed by atoms with van der Waals surface area (Å²) in [6.07, 6.45) is 3.15. The van der Waals surface area contributed by atoms with Crippen LogP contribution in [-0.4, -0.2) is 74.5 Å². The van der Waals surface area contributed by atoms with E-state index in [-0.39, 0.29) is 52.4 Å². The average Bonchev–Trinajstić information content (AvgIpc) is 3.68. The van der Waals surface area contributed by atoms with Gasteiger partial charge < -0.3 is 14.5 Å². The molecular formula is C34H32ClFN8O2. The second-order valence-electron chi connectivity index (χ2n) is 11.8. The molecule has 0 radical (unpaired) electrons. The standard InChI is InChI=1S/C34H32ClFN8O2/c1-5-8-28(45)43-16-13-22(17-21(43)12-14-37)44-33-25-18-26(35)29(24-10-6-11-27(38-3)20(24)2)30(36)31(25)39-34(32(33)40-41-44)46-19-23-9-7-15-42(23)4/h6,10-11,18,21-23H,7,9,12-13,15-17,19H2,1-2,4H3/t21-,22+,23+/m1/s1. The molecule has 0 N–H and O–H groups in total. The molecule has 2 aromatic heterocycles. The van der Waals surface area contributed by atoms with Gasteiger partial charge in [0.15, 0.2) is 17.0 Å². The van der Waals surface area contributed by atoms with Crippen molar-refractivity contribution in [2.24, 2.45) is 0 Å². The fraction of sp³-hybridized carbons (Fsp3) is 0.412. The minimum Gasteiger partial charge on any atom is -0.474 e. The molecule has 2 fully saturated rings. The van der Waals surface area contributed by atoms with E-state index in [0.717, 1.165) is 19.4 Å². The van der Waals surface area contributed by atoms with Crippen LogP contribution in [0.25, 0.3) is 37.9 Å². The Balaban J connectivity index is 1.51. The molecule has 46 heavy (non-hydrogen) atoms. The first-order valence-electron chi connectivity index (χ1n) is 15.2. The Morgan fingerprint density at radius 2 is 2.09 bits per heavy atom. The summed E-state index contributed by atoms with van der Waals surface area (Å²) >= 11 is 6.84. The van der Waals surface area contributed by atoms with Gasteiger partial charge in [0.25, 0.3) is 5.91 Å². The minimum absolute atomic E-state index is 0.0530. The quantitative estimate of drug-likeness (QED) is 0.182. The van der Waals surface area contributed by atoms with Crippen LogP contribution in [0.15, 0.2) is 24.3 Å². The number of nitriles is 1. The normalized spacial score (nSPS) is 19.9. The summed E-state index contributed by atoms with van der Waals surface area (Å²) in [4.78, 5) is 24.8. The van der Waals surface area contributed by atoms with Gasteiger partial charge >= 0.3 is 0 Å². The summed E-state index contributed by atoms with van der Waals surface area (Å²) in [5, 5.41) is 19.1. The van der Waals surface area contributed by atoms with Crippen molar-refractivity contribution in [3.63, 3.8) is 0 Å². The zero-order valence-corrected chi connectivity index (χ0v) is 26.6. The number of hydrogen-bond acceptors (Lipinski definition) is 7. The Hall–Kier alpha value is -4.76. The number of halogens is 2. The van der Waals surface area contributed by atoms with Gasteiger partial charge in [-0.15, -0.1) is 5.10 Å². The molecule has 12 heteroatoms. The highest BCUT2D eigenvalue weighted by molar-refractivity contribution is 6.34. The lowest BCUT2D eigenvalue weighted by molar-refractivity contribution is -0.129. The monoisotopic (exact) mass is 638 g/mol. The molecule has 4 aromatic rings. The van der Waals surface area contributed by atoms with Crippen molar-refractivity contribution in [3.8, 4) is 34.9 Å². The number of pyridine rings is 1. The molecule has 6 rings (SSSR count). The van der Waals surface area contributed by atoms with Crippen molar-refractivity contribution < 1.29 is 13.9 Å². The number of likely N-dealkylation sites (tertiary alicyclic amines) is 2. The van der Waals surface area contributed by atoms with Gasteiger partial charge in [0, 0.05) is 29.6 Å². The molecule has 4 heterocycles. The molecule has 0 saturated carbocycles. The van der Waals surface area contributed by atoms with Gasteiger partial charge in [-0.25, -0.2) is 18.9 Å². The van der Waals surface area contributed by atoms with Crippen molar-refractivity contribution in [2.45, 2.75) is 64.1 Å². The zero-order chi connectivity index (χ0) is 32.5. The second kappa shape index (κ2) is 12.9. The van der Waals surface area contributed by atoms with Gasteiger partial charge in [0.1, 0.15) is 17.6 Å². The SMILES string of the molecule is [C-]#[N+]c1cccc(-c2c(Cl)cc3c(nc(OC[C@@H]4CCCN4C)c4nnn([C@H]5CCN(C(=O)C#CC)[C@H](CC#N)C5)c43)c2F)c1C.